The summed E-state index contributed by atoms with van der Waals surface area (Å²) in [5, 5.41) is 18.6. The number of hydrogen-bond donors (Lipinski definition) is 2. The fourth-order valence-corrected chi connectivity index (χ4v) is 5.83. The molecule has 1 aromatic heterocycles. The molecule has 0 saturated heterocycles. The van der Waals surface area contributed by atoms with E-state index in [9.17, 15) is 9.90 Å². The quantitative estimate of drug-likeness (QED) is 0.860. The predicted octanol–water partition coefficient (Wildman–Crippen LogP) is 2.96. The van der Waals surface area contributed by atoms with E-state index in [1.807, 2.05) is 20.8 Å². The van der Waals surface area contributed by atoms with Crippen LogP contribution in [0, 0.1) is 17.8 Å². The number of aliphatic hydroxyl groups is 1. The van der Waals surface area contributed by atoms with Crippen molar-refractivity contribution in [3.63, 3.8) is 0 Å². The van der Waals surface area contributed by atoms with Crippen LogP contribution in [0.5, 0.6) is 0 Å². The zero-order valence-corrected chi connectivity index (χ0v) is 15.3. The maximum Gasteiger partial charge on any atom is 0.256 e. The van der Waals surface area contributed by atoms with Gasteiger partial charge in [0.25, 0.3) is 5.91 Å². The molecule has 0 aromatic carbocycles. The van der Waals surface area contributed by atoms with Crippen LogP contribution in [0.4, 0.5) is 0 Å². The summed E-state index contributed by atoms with van der Waals surface area (Å²) in [7, 11) is 0. The maximum absolute atomic E-state index is 12.8. The van der Waals surface area contributed by atoms with Crippen molar-refractivity contribution < 1.29 is 9.90 Å². The third kappa shape index (κ3) is 2.57. The Kier molecular flexibility index (Phi) is 3.56. The third-order valence-corrected chi connectivity index (χ3v) is 6.49. The standard InChI is InChI=1S/C18H26ClN3O2/c1-17(2,3)22-15(19)13(9-20-22)16(23)21-14-11-4-10-5-12(14)8-18(24,6-10)7-11/h9-12,14,24H,4-8H2,1-3H3,(H,21,23)/t10?,11-,12-,14?,18?/m0/s1. The molecule has 4 aliphatic carbocycles. The Balaban J connectivity index is 1.52. The van der Waals surface area contributed by atoms with Gasteiger partial charge in [0, 0.05) is 6.04 Å². The van der Waals surface area contributed by atoms with Crippen LogP contribution in [0.3, 0.4) is 0 Å². The fraction of sp³-hybridized carbons (Fsp3) is 0.778. The number of carbonyl (C=O) groups is 1. The van der Waals surface area contributed by atoms with Gasteiger partial charge in [-0.3, -0.25) is 4.79 Å². The third-order valence-electron chi connectivity index (χ3n) is 6.13. The minimum absolute atomic E-state index is 0.139. The number of carbonyl (C=O) groups excluding carboxylic acids is 1. The fourth-order valence-electron chi connectivity index (χ4n) is 5.40. The first-order valence-electron chi connectivity index (χ1n) is 8.93. The molecule has 2 atom stereocenters. The normalized spacial score (nSPS) is 37.7. The van der Waals surface area contributed by atoms with Crippen molar-refractivity contribution in [3.8, 4) is 0 Å². The van der Waals surface area contributed by atoms with E-state index in [1.54, 1.807) is 10.9 Å². The highest BCUT2D eigenvalue weighted by molar-refractivity contribution is 6.32. The molecular formula is C18H26ClN3O2. The van der Waals surface area contributed by atoms with E-state index in [-0.39, 0.29) is 17.5 Å². The highest BCUT2D eigenvalue weighted by Gasteiger charge is 2.55. The van der Waals surface area contributed by atoms with Crippen LogP contribution in [0.2, 0.25) is 5.15 Å². The van der Waals surface area contributed by atoms with Gasteiger partial charge in [0.05, 0.1) is 22.9 Å². The lowest BCUT2D eigenvalue weighted by Gasteiger charge is -2.58. The molecule has 0 spiro atoms. The van der Waals surface area contributed by atoms with E-state index in [2.05, 4.69) is 10.4 Å². The van der Waals surface area contributed by atoms with Crippen LogP contribution in [0.1, 0.15) is 63.2 Å². The van der Waals surface area contributed by atoms with Crippen molar-refractivity contribution in [1.82, 2.24) is 15.1 Å². The summed E-state index contributed by atoms with van der Waals surface area (Å²) in [6.07, 6.45) is 6.40. The molecule has 5 nitrogen and oxygen atoms in total. The van der Waals surface area contributed by atoms with E-state index in [1.165, 1.54) is 0 Å². The highest BCUT2D eigenvalue weighted by Crippen LogP contribution is 2.55. The molecule has 1 heterocycles. The largest absolute Gasteiger partial charge is 0.390 e. The Bertz CT molecular complexity index is 662. The molecule has 2 N–H and O–H groups in total. The van der Waals surface area contributed by atoms with Gasteiger partial charge in [-0.2, -0.15) is 5.10 Å². The van der Waals surface area contributed by atoms with Crippen molar-refractivity contribution >= 4 is 17.5 Å². The van der Waals surface area contributed by atoms with Crippen LogP contribution >= 0.6 is 11.6 Å². The Morgan fingerprint density at radius 3 is 2.46 bits per heavy atom. The average molecular weight is 352 g/mol. The first kappa shape index (κ1) is 16.4. The Labute approximate surface area is 147 Å². The monoisotopic (exact) mass is 351 g/mol. The molecule has 4 fully saturated rings. The molecule has 1 amide bonds. The molecule has 4 bridgehead atoms. The van der Waals surface area contributed by atoms with Gasteiger partial charge >= 0.3 is 0 Å². The zero-order chi connectivity index (χ0) is 17.3. The highest BCUT2D eigenvalue weighted by atomic mass is 35.5. The van der Waals surface area contributed by atoms with Crippen LogP contribution < -0.4 is 5.32 Å². The van der Waals surface area contributed by atoms with Gasteiger partial charge in [-0.05, 0) is 70.6 Å². The van der Waals surface area contributed by atoms with E-state index >= 15 is 0 Å². The summed E-state index contributed by atoms with van der Waals surface area (Å²) in [5.74, 6) is 1.27. The van der Waals surface area contributed by atoms with E-state index in [0.717, 1.165) is 32.1 Å². The van der Waals surface area contributed by atoms with E-state index in [0.29, 0.717) is 28.5 Å². The average Bonchev–Trinajstić information content (AvgIpc) is 2.82. The molecule has 0 aliphatic heterocycles. The van der Waals surface area contributed by atoms with Crippen molar-refractivity contribution in [2.45, 2.75) is 70.1 Å². The lowest BCUT2D eigenvalue weighted by Crippen LogP contribution is -2.61. The Hall–Kier alpha value is -1.07. The Morgan fingerprint density at radius 2 is 1.96 bits per heavy atom. The number of halogens is 1. The van der Waals surface area contributed by atoms with Gasteiger partial charge in [-0.1, -0.05) is 11.6 Å². The number of amides is 1. The molecule has 0 radical (unpaired) electrons. The summed E-state index contributed by atoms with van der Waals surface area (Å²) < 4.78 is 1.68. The van der Waals surface area contributed by atoms with Gasteiger partial charge in [-0.15, -0.1) is 0 Å². The molecule has 24 heavy (non-hydrogen) atoms. The summed E-state index contributed by atoms with van der Waals surface area (Å²) in [5.41, 5.74) is -0.298. The predicted molar refractivity (Wildman–Crippen MR) is 92.0 cm³/mol. The summed E-state index contributed by atoms with van der Waals surface area (Å²) in [6.45, 7) is 6.02. The maximum atomic E-state index is 12.8. The van der Waals surface area contributed by atoms with E-state index in [4.69, 9.17) is 11.6 Å². The molecule has 0 unspecified atom stereocenters. The number of hydrogen-bond acceptors (Lipinski definition) is 3. The van der Waals surface area contributed by atoms with Crippen molar-refractivity contribution in [2.24, 2.45) is 17.8 Å². The van der Waals surface area contributed by atoms with Gasteiger partial charge in [0.15, 0.2) is 0 Å². The Morgan fingerprint density at radius 1 is 1.33 bits per heavy atom. The number of nitrogens with one attached hydrogen (secondary N) is 1. The minimum atomic E-state index is -0.480. The molecule has 1 aromatic rings. The smallest absolute Gasteiger partial charge is 0.256 e. The van der Waals surface area contributed by atoms with Crippen molar-refractivity contribution in [1.29, 1.82) is 0 Å². The molecule has 132 valence electrons. The summed E-state index contributed by atoms with van der Waals surface area (Å²) in [6, 6.07) is 0.156. The van der Waals surface area contributed by atoms with Crippen LogP contribution in [0.15, 0.2) is 6.20 Å². The molecule has 6 heteroatoms. The van der Waals surface area contributed by atoms with Crippen LogP contribution in [-0.2, 0) is 5.54 Å². The number of nitrogens with zero attached hydrogens (tertiary/aromatic N) is 2. The summed E-state index contributed by atoms with van der Waals surface area (Å²) >= 11 is 6.39. The zero-order valence-electron chi connectivity index (χ0n) is 14.6. The summed E-state index contributed by atoms with van der Waals surface area (Å²) in [4.78, 5) is 12.8. The van der Waals surface area contributed by atoms with Gasteiger partial charge in [0.2, 0.25) is 0 Å². The van der Waals surface area contributed by atoms with Gasteiger partial charge in [0.1, 0.15) is 5.15 Å². The van der Waals surface area contributed by atoms with Crippen LogP contribution in [0.25, 0.3) is 0 Å². The lowest BCUT2D eigenvalue weighted by atomic mass is 9.52. The first-order chi connectivity index (χ1) is 11.2. The second-order valence-corrected chi connectivity index (χ2v) is 9.48. The molecule has 4 saturated carbocycles. The second kappa shape index (κ2) is 5.21. The number of aromatic nitrogens is 2. The minimum Gasteiger partial charge on any atom is -0.390 e. The van der Waals surface area contributed by atoms with Crippen LogP contribution in [-0.4, -0.2) is 32.4 Å². The number of rotatable bonds is 2. The van der Waals surface area contributed by atoms with Gasteiger partial charge in [-0.25, -0.2) is 4.68 Å². The lowest BCUT2D eigenvalue weighted by molar-refractivity contribution is -0.136. The van der Waals surface area contributed by atoms with Gasteiger partial charge < -0.3 is 10.4 Å². The van der Waals surface area contributed by atoms with Crippen molar-refractivity contribution in [2.75, 3.05) is 0 Å². The second-order valence-electron chi connectivity index (χ2n) is 9.13. The first-order valence-corrected chi connectivity index (χ1v) is 9.31. The van der Waals surface area contributed by atoms with Crippen molar-refractivity contribution in [3.05, 3.63) is 16.9 Å². The SMILES string of the molecule is CC(C)(C)n1ncc(C(=O)NC2[C@H]3CC4C[C@H]2CC(O)(C4)C3)c1Cl. The molecule has 5 rings (SSSR count). The molecular weight excluding hydrogens is 326 g/mol. The topological polar surface area (TPSA) is 67.2 Å². The van der Waals surface area contributed by atoms with E-state index < -0.39 is 5.60 Å². The molecule has 4 aliphatic rings.